The zero-order chi connectivity index (χ0) is 26.5. The summed E-state index contributed by atoms with van der Waals surface area (Å²) in [6, 6.07) is 16.6. The van der Waals surface area contributed by atoms with Gasteiger partial charge in [0.15, 0.2) is 5.11 Å². The number of hydrogen-bond donors (Lipinski definition) is 3. The molecule has 0 fully saturated rings. The van der Waals surface area contributed by atoms with Gasteiger partial charge in [-0.1, -0.05) is 31.5 Å². The van der Waals surface area contributed by atoms with Crippen LogP contribution in [0.25, 0.3) is 0 Å². The van der Waals surface area contributed by atoms with Crippen molar-refractivity contribution in [3.8, 4) is 5.75 Å². The third-order valence-electron chi connectivity index (χ3n) is 5.04. The minimum absolute atomic E-state index is 0.0836. The van der Waals surface area contributed by atoms with Crippen molar-refractivity contribution in [2.45, 2.75) is 32.6 Å². The Balaban J connectivity index is 1.60. The first kappa shape index (κ1) is 27.6. The van der Waals surface area contributed by atoms with Gasteiger partial charge in [-0.15, -0.1) is 0 Å². The highest BCUT2D eigenvalue weighted by molar-refractivity contribution is 9.10. The fraction of sp³-hybridized carbons (Fsp3) is 0.231. The average Bonchev–Trinajstić information content (AvgIpc) is 2.80. The highest BCUT2D eigenvalue weighted by Gasteiger charge is 2.16. The van der Waals surface area contributed by atoms with E-state index in [-0.39, 0.29) is 15.9 Å². The number of amides is 1. The van der Waals surface area contributed by atoms with E-state index in [4.69, 9.17) is 17.0 Å². The molecule has 1 amide bonds. The van der Waals surface area contributed by atoms with Gasteiger partial charge in [0.2, 0.25) is 0 Å². The van der Waals surface area contributed by atoms with Crippen LogP contribution in [0.2, 0.25) is 0 Å². The molecule has 0 heterocycles. The van der Waals surface area contributed by atoms with E-state index in [9.17, 15) is 13.2 Å². The molecular formula is C26H28BrN3O4S2. The van der Waals surface area contributed by atoms with Crippen molar-refractivity contribution in [2.24, 2.45) is 5.92 Å². The molecule has 0 bridgehead atoms. The second-order valence-electron chi connectivity index (χ2n) is 8.71. The Morgan fingerprint density at radius 3 is 2.33 bits per heavy atom. The summed E-state index contributed by atoms with van der Waals surface area (Å²) in [6.07, 6.45) is 0. The zero-order valence-corrected chi connectivity index (χ0v) is 23.6. The number of aryl methyl sites for hydroxylation is 2. The van der Waals surface area contributed by atoms with Gasteiger partial charge in [0, 0.05) is 11.3 Å². The molecule has 0 aromatic heterocycles. The lowest BCUT2D eigenvalue weighted by molar-refractivity contribution is 0.0977. The first-order chi connectivity index (χ1) is 16.9. The number of anilines is 2. The third-order valence-corrected chi connectivity index (χ3v) is 7.25. The number of halogens is 1. The smallest absolute Gasteiger partial charge is 0.261 e. The Kier molecular flexibility index (Phi) is 9.10. The van der Waals surface area contributed by atoms with Gasteiger partial charge in [-0.3, -0.25) is 14.8 Å². The van der Waals surface area contributed by atoms with Crippen LogP contribution in [0.3, 0.4) is 0 Å². The minimum atomic E-state index is -3.76. The van der Waals surface area contributed by atoms with Crippen LogP contribution in [-0.2, 0) is 10.0 Å². The van der Waals surface area contributed by atoms with Crippen molar-refractivity contribution < 1.29 is 17.9 Å². The van der Waals surface area contributed by atoms with E-state index >= 15 is 0 Å². The predicted octanol–water partition coefficient (Wildman–Crippen LogP) is 6.03. The van der Waals surface area contributed by atoms with Crippen LogP contribution in [0.4, 0.5) is 11.4 Å². The second-order valence-corrected chi connectivity index (χ2v) is 11.7. The fourth-order valence-corrected chi connectivity index (χ4v) is 5.04. The molecule has 3 aromatic rings. The average molecular weight is 591 g/mol. The molecule has 0 saturated heterocycles. The molecule has 0 radical (unpaired) electrons. The Labute approximate surface area is 225 Å². The molecule has 190 valence electrons. The molecular weight excluding hydrogens is 562 g/mol. The van der Waals surface area contributed by atoms with Crippen LogP contribution in [-0.4, -0.2) is 26.0 Å². The first-order valence-electron chi connectivity index (χ1n) is 11.2. The lowest BCUT2D eigenvalue weighted by Crippen LogP contribution is -2.34. The van der Waals surface area contributed by atoms with Gasteiger partial charge in [0.25, 0.3) is 15.9 Å². The maximum Gasteiger partial charge on any atom is 0.261 e. The van der Waals surface area contributed by atoms with Gasteiger partial charge in [-0.25, -0.2) is 8.42 Å². The van der Waals surface area contributed by atoms with Crippen LogP contribution in [0, 0.1) is 19.8 Å². The van der Waals surface area contributed by atoms with Crippen molar-refractivity contribution >= 4 is 60.6 Å². The summed E-state index contributed by atoms with van der Waals surface area (Å²) in [7, 11) is -3.76. The monoisotopic (exact) mass is 589 g/mol. The number of ether oxygens (including phenoxy) is 1. The number of benzene rings is 3. The molecule has 0 aliphatic heterocycles. The van der Waals surface area contributed by atoms with Crippen LogP contribution < -0.4 is 20.1 Å². The maximum atomic E-state index is 12.8. The SMILES string of the molecule is Cc1ccc(NS(=O)(=O)c2ccc(NC(=S)NC(=O)c3ccc(OCC(C)C)c(Br)c3)cc2)c(C)c1. The summed E-state index contributed by atoms with van der Waals surface area (Å²) in [5, 5.41) is 5.60. The topological polar surface area (TPSA) is 96.5 Å². The highest BCUT2D eigenvalue weighted by atomic mass is 79.9. The van der Waals surface area contributed by atoms with Crippen LogP contribution in [0.15, 0.2) is 70.0 Å². The molecule has 0 saturated carbocycles. The van der Waals surface area contributed by atoms with E-state index < -0.39 is 10.0 Å². The van der Waals surface area contributed by atoms with E-state index in [0.29, 0.717) is 39.7 Å². The van der Waals surface area contributed by atoms with Crippen LogP contribution >= 0.6 is 28.1 Å². The Bertz CT molecular complexity index is 1370. The molecule has 36 heavy (non-hydrogen) atoms. The first-order valence-corrected chi connectivity index (χ1v) is 13.9. The van der Waals surface area contributed by atoms with Gasteiger partial charge < -0.3 is 10.1 Å². The Morgan fingerprint density at radius 1 is 1.03 bits per heavy atom. The second kappa shape index (κ2) is 11.9. The summed E-state index contributed by atoms with van der Waals surface area (Å²) >= 11 is 8.68. The maximum absolute atomic E-state index is 12.8. The largest absolute Gasteiger partial charge is 0.492 e. The standard InChI is InChI=1S/C26H28BrN3O4S2/c1-16(2)15-34-24-12-6-19(14-22(24)27)25(31)29-26(35)28-20-7-9-21(10-8-20)36(32,33)30-23-11-5-17(3)13-18(23)4/h5-14,16,30H,15H2,1-4H3,(H2,28,29,31,35). The number of carbonyl (C=O) groups excluding carboxylic acids is 1. The van der Waals surface area contributed by atoms with E-state index in [1.807, 2.05) is 26.0 Å². The number of carbonyl (C=O) groups is 1. The van der Waals surface area contributed by atoms with E-state index in [1.54, 1.807) is 36.4 Å². The van der Waals surface area contributed by atoms with E-state index in [0.717, 1.165) is 11.1 Å². The molecule has 10 heteroatoms. The van der Waals surface area contributed by atoms with Crippen LogP contribution in [0.5, 0.6) is 5.75 Å². The summed E-state index contributed by atoms with van der Waals surface area (Å²) in [4.78, 5) is 12.7. The van der Waals surface area contributed by atoms with Crippen molar-refractivity contribution in [3.63, 3.8) is 0 Å². The van der Waals surface area contributed by atoms with Crippen molar-refractivity contribution in [2.75, 3.05) is 16.6 Å². The molecule has 3 rings (SSSR count). The van der Waals surface area contributed by atoms with Gasteiger partial charge >= 0.3 is 0 Å². The van der Waals surface area contributed by atoms with Crippen molar-refractivity contribution in [1.82, 2.24) is 5.32 Å². The van der Waals surface area contributed by atoms with Gasteiger partial charge in [0.05, 0.1) is 21.7 Å². The van der Waals surface area contributed by atoms with E-state index in [1.165, 1.54) is 12.1 Å². The predicted molar refractivity (Wildman–Crippen MR) is 151 cm³/mol. The third kappa shape index (κ3) is 7.52. The van der Waals surface area contributed by atoms with E-state index in [2.05, 4.69) is 45.1 Å². The summed E-state index contributed by atoms with van der Waals surface area (Å²) in [6.45, 7) is 8.47. The molecule has 7 nitrogen and oxygen atoms in total. The number of rotatable bonds is 8. The molecule has 0 unspecified atom stereocenters. The van der Waals surface area contributed by atoms with Crippen molar-refractivity contribution in [1.29, 1.82) is 0 Å². The van der Waals surface area contributed by atoms with Gasteiger partial charge in [-0.05, 0) is 102 Å². The number of sulfonamides is 1. The summed E-state index contributed by atoms with van der Waals surface area (Å²) < 4.78 is 34.5. The van der Waals surface area contributed by atoms with Crippen molar-refractivity contribution in [3.05, 3.63) is 81.8 Å². The molecule has 0 aliphatic carbocycles. The zero-order valence-electron chi connectivity index (χ0n) is 20.4. The molecule has 0 aliphatic rings. The summed E-state index contributed by atoms with van der Waals surface area (Å²) in [5.74, 6) is 0.648. The Hall–Kier alpha value is -2.95. The number of nitrogens with one attached hydrogen (secondary N) is 3. The quantitative estimate of drug-likeness (QED) is 0.278. The highest BCUT2D eigenvalue weighted by Crippen LogP contribution is 2.26. The van der Waals surface area contributed by atoms with Gasteiger partial charge in [-0.2, -0.15) is 0 Å². The molecule has 3 N–H and O–H groups in total. The molecule has 0 atom stereocenters. The number of hydrogen-bond acceptors (Lipinski definition) is 5. The van der Waals surface area contributed by atoms with Crippen LogP contribution in [0.1, 0.15) is 35.3 Å². The lowest BCUT2D eigenvalue weighted by Gasteiger charge is -2.13. The minimum Gasteiger partial charge on any atom is -0.492 e. The molecule has 0 spiro atoms. The molecule has 3 aromatic carbocycles. The number of thiocarbonyl (C=S) groups is 1. The van der Waals surface area contributed by atoms with Gasteiger partial charge in [0.1, 0.15) is 5.75 Å². The Morgan fingerprint density at radius 2 is 1.72 bits per heavy atom. The normalized spacial score (nSPS) is 11.2. The lowest BCUT2D eigenvalue weighted by atomic mass is 10.1. The summed E-state index contributed by atoms with van der Waals surface area (Å²) in [5.41, 5.74) is 3.35. The fourth-order valence-electron chi connectivity index (χ4n) is 3.20.